The minimum atomic E-state index is -0.290. The maximum absolute atomic E-state index is 13.1. The third kappa shape index (κ3) is 4.06. The quantitative estimate of drug-likeness (QED) is 0.645. The molecule has 1 saturated heterocycles. The van der Waals surface area contributed by atoms with Crippen LogP contribution in [0.25, 0.3) is 5.82 Å². The van der Waals surface area contributed by atoms with E-state index in [0.29, 0.717) is 0 Å². The van der Waals surface area contributed by atoms with Crippen LogP contribution in [0.3, 0.4) is 0 Å². The Morgan fingerprint density at radius 3 is 2.76 bits per heavy atom. The summed E-state index contributed by atoms with van der Waals surface area (Å²) in [5.41, 5.74) is 1.72. The molecule has 1 aliphatic rings. The van der Waals surface area contributed by atoms with E-state index in [1.165, 1.54) is 12.1 Å². The first-order valence-electron chi connectivity index (χ1n) is 10.1. The summed E-state index contributed by atoms with van der Waals surface area (Å²) in [4.78, 5) is 24.2. The van der Waals surface area contributed by atoms with Crippen LogP contribution in [-0.4, -0.2) is 31.9 Å². The molecule has 1 unspecified atom stereocenters. The number of nitrogens with zero attached hydrogens (tertiary/aromatic N) is 4. The summed E-state index contributed by atoms with van der Waals surface area (Å²) < 4.78 is 15.1. The highest BCUT2D eigenvalue weighted by atomic mass is 19.1. The molecule has 1 fully saturated rings. The molecule has 1 amide bonds. The Morgan fingerprint density at radius 2 is 2.00 bits per heavy atom. The summed E-state index contributed by atoms with van der Waals surface area (Å²) in [6.07, 6.45) is 5.83. The summed E-state index contributed by atoms with van der Waals surface area (Å²) in [6, 6.07) is 12.0. The van der Waals surface area contributed by atoms with Gasteiger partial charge in [0.2, 0.25) is 5.91 Å². The van der Waals surface area contributed by atoms with Gasteiger partial charge in [0.1, 0.15) is 17.5 Å². The van der Waals surface area contributed by atoms with E-state index in [-0.39, 0.29) is 30.1 Å². The molecule has 3 heterocycles. The Labute approximate surface area is 170 Å². The van der Waals surface area contributed by atoms with E-state index in [1.54, 1.807) is 18.3 Å². The van der Waals surface area contributed by atoms with Crippen molar-refractivity contribution < 1.29 is 9.18 Å². The highest BCUT2D eigenvalue weighted by Gasteiger charge is 2.31. The highest BCUT2D eigenvalue weighted by Crippen LogP contribution is 2.32. The van der Waals surface area contributed by atoms with Gasteiger partial charge in [-0.05, 0) is 42.7 Å². The van der Waals surface area contributed by atoms with Crippen LogP contribution in [0.4, 0.5) is 4.39 Å². The Balaban J connectivity index is 1.56. The van der Waals surface area contributed by atoms with Gasteiger partial charge in [0.05, 0.1) is 18.2 Å². The monoisotopic (exact) mass is 392 g/mol. The topological polar surface area (TPSA) is 51.0 Å². The molecule has 1 aliphatic heterocycles. The van der Waals surface area contributed by atoms with Crippen LogP contribution in [-0.2, 0) is 11.2 Å². The van der Waals surface area contributed by atoms with Crippen molar-refractivity contribution in [2.45, 2.75) is 45.1 Å². The van der Waals surface area contributed by atoms with Crippen LogP contribution in [0, 0.1) is 5.82 Å². The largest absolute Gasteiger partial charge is 0.334 e. The molecule has 0 N–H and O–H groups in total. The number of pyridine rings is 1. The van der Waals surface area contributed by atoms with Gasteiger partial charge < -0.3 is 4.90 Å². The zero-order valence-corrected chi connectivity index (χ0v) is 16.8. The van der Waals surface area contributed by atoms with Gasteiger partial charge in [0, 0.05) is 24.9 Å². The molecule has 1 aromatic carbocycles. The van der Waals surface area contributed by atoms with Gasteiger partial charge in [-0.2, -0.15) is 0 Å². The molecule has 0 aliphatic carbocycles. The van der Waals surface area contributed by atoms with Gasteiger partial charge in [-0.15, -0.1) is 0 Å². The number of aromatic nitrogens is 3. The molecule has 6 heteroatoms. The molecular weight excluding hydrogens is 367 g/mol. The van der Waals surface area contributed by atoms with Crippen molar-refractivity contribution in [3.05, 3.63) is 77.8 Å². The smallest absolute Gasteiger partial charge is 0.227 e. The summed E-state index contributed by atoms with van der Waals surface area (Å²) in [7, 11) is 0. The molecule has 4 rings (SSSR count). The first kappa shape index (κ1) is 19.3. The second-order valence-electron chi connectivity index (χ2n) is 7.78. The number of hydrogen-bond donors (Lipinski definition) is 0. The van der Waals surface area contributed by atoms with Crippen LogP contribution in [0.1, 0.15) is 55.7 Å². The van der Waals surface area contributed by atoms with Crippen molar-refractivity contribution in [1.82, 2.24) is 19.4 Å². The van der Waals surface area contributed by atoms with Crippen molar-refractivity contribution in [2.75, 3.05) is 6.54 Å². The summed E-state index contributed by atoms with van der Waals surface area (Å²) >= 11 is 0. The molecule has 5 nitrogen and oxygen atoms in total. The predicted octanol–water partition coefficient (Wildman–Crippen LogP) is 4.44. The van der Waals surface area contributed by atoms with E-state index in [1.807, 2.05) is 33.9 Å². The molecule has 0 radical (unpaired) electrons. The highest BCUT2D eigenvalue weighted by molar-refractivity contribution is 5.79. The lowest BCUT2D eigenvalue weighted by atomic mass is 10.1. The molecule has 3 aromatic rings. The molecule has 1 atom stereocenters. The standard InChI is InChI=1S/C23H25FN4O/c1-16(2)23-25-12-14-28(23)21-7-3-5-19(26-21)20-6-4-13-27(20)22(29)15-17-8-10-18(24)11-9-17/h3,5,7-12,14,16,20H,4,6,13,15H2,1-2H3. The average molecular weight is 392 g/mol. The lowest BCUT2D eigenvalue weighted by molar-refractivity contribution is -0.131. The SMILES string of the molecule is CC(C)c1nccn1-c1cccc(C2CCCN2C(=O)Cc2ccc(F)cc2)n1. The molecule has 29 heavy (non-hydrogen) atoms. The van der Waals surface area contributed by atoms with Crippen molar-refractivity contribution in [3.63, 3.8) is 0 Å². The lowest BCUT2D eigenvalue weighted by Gasteiger charge is -2.25. The number of amides is 1. The third-order valence-corrected chi connectivity index (χ3v) is 5.37. The minimum Gasteiger partial charge on any atom is -0.334 e. The van der Waals surface area contributed by atoms with Crippen LogP contribution in [0.15, 0.2) is 54.9 Å². The number of rotatable bonds is 5. The summed E-state index contributed by atoms with van der Waals surface area (Å²) in [5.74, 6) is 1.83. The molecule has 2 aromatic heterocycles. The zero-order valence-electron chi connectivity index (χ0n) is 16.8. The molecule has 0 spiro atoms. The minimum absolute atomic E-state index is 0.0334. The van der Waals surface area contributed by atoms with E-state index in [9.17, 15) is 9.18 Å². The van der Waals surface area contributed by atoms with Crippen molar-refractivity contribution in [3.8, 4) is 5.82 Å². The number of carbonyl (C=O) groups is 1. The summed E-state index contributed by atoms with van der Waals surface area (Å²) in [5, 5.41) is 0. The Kier molecular flexibility index (Phi) is 5.43. The lowest BCUT2D eigenvalue weighted by Crippen LogP contribution is -2.32. The molecule has 0 saturated carbocycles. The first-order valence-corrected chi connectivity index (χ1v) is 10.1. The van der Waals surface area contributed by atoms with E-state index < -0.39 is 0 Å². The van der Waals surface area contributed by atoms with Gasteiger partial charge >= 0.3 is 0 Å². The number of imidazole rings is 1. The fourth-order valence-electron chi connectivity index (χ4n) is 3.95. The number of likely N-dealkylation sites (tertiary alicyclic amines) is 1. The van der Waals surface area contributed by atoms with E-state index in [0.717, 1.165) is 42.3 Å². The number of carbonyl (C=O) groups excluding carboxylic acids is 1. The van der Waals surface area contributed by atoms with E-state index in [2.05, 4.69) is 18.8 Å². The Bertz CT molecular complexity index is 996. The predicted molar refractivity (Wildman–Crippen MR) is 109 cm³/mol. The van der Waals surface area contributed by atoms with Crippen LogP contribution >= 0.6 is 0 Å². The number of hydrogen-bond acceptors (Lipinski definition) is 3. The zero-order chi connectivity index (χ0) is 20.4. The molecular formula is C23H25FN4O. The fraction of sp³-hybridized carbons (Fsp3) is 0.348. The average Bonchev–Trinajstić information content (AvgIpc) is 3.39. The summed E-state index contributed by atoms with van der Waals surface area (Å²) in [6.45, 7) is 4.93. The fourth-order valence-corrected chi connectivity index (χ4v) is 3.95. The molecule has 0 bridgehead atoms. The van der Waals surface area contributed by atoms with Crippen molar-refractivity contribution >= 4 is 5.91 Å². The van der Waals surface area contributed by atoms with Crippen LogP contribution in [0.5, 0.6) is 0 Å². The Morgan fingerprint density at radius 1 is 1.21 bits per heavy atom. The third-order valence-electron chi connectivity index (χ3n) is 5.37. The van der Waals surface area contributed by atoms with Crippen LogP contribution < -0.4 is 0 Å². The van der Waals surface area contributed by atoms with Crippen LogP contribution in [0.2, 0.25) is 0 Å². The van der Waals surface area contributed by atoms with Gasteiger partial charge in [0.15, 0.2) is 0 Å². The molecule has 150 valence electrons. The second kappa shape index (κ2) is 8.15. The van der Waals surface area contributed by atoms with E-state index >= 15 is 0 Å². The van der Waals surface area contributed by atoms with Crippen molar-refractivity contribution in [1.29, 1.82) is 0 Å². The van der Waals surface area contributed by atoms with Gasteiger partial charge in [0.25, 0.3) is 0 Å². The van der Waals surface area contributed by atoms with E-state index in [4.69, 9.17) is 4.98 Å². The van der Waals surface area contributed by atoms with Crippen molar-refractivity contribution in [2.24, 2.45) is 0 Å². The Hall–Kier alpha value is -3.02. The second-order valence-corrected chi connectivity index (χ2v) is 7.78. The number of benzene rings is 1. The van der Waals surface area contributed by atoms with Gasteiger partial charge in [-0.25, -0.2) is 14.4 Å². The normalized spacial score (nSPS) is 16.6. The first-order chi connectivity index (χ1) is 14.0. The van der Waals surface area contributed by atoms with Gasteiger partial charge in [-0.1, -0.05) is 32.0 Å². The van der Waals surface area contributed by atoms with Gasteiger partial charge in [-0.3, -0.25) is 9.36 Å². The maximum atomic E-state index is 13.1. The maximum Gasteiger partial charge on any atom is 0.227 e. The number of halogens is 1.